The van der Waals surface area contributed by atoms with Gasteiger partial charge in [0.05, 0.1) is 12.3 Å². The van der Waals surface area contributed by atoms with Crippen LogP contribution in [0.2, 0.25) is 0 Å². The predicted molar refractivity (Wildman–Crippen MR) is 144 cm³/mol. The second-order valence-corrected chi connectivity index (χ2v) is 8.40. The van der Waals surface area contributed by atoms with Crippen LogP contribution in [-0.4, -0.2) is 16.9 Å². The summed E-state index contributed by atoms with van der Waals surface area (Å²) in [6, 6.07) is 35.9. The molecule has 4 aromatic carbocycles. The largest absolute Gasteiger partial charge is 0.332 e. The molecule has 0 aromatic heterocycles. The molecule has 0 fully saturated rings. The monoisotopic (exact) mass is 479 g/mol. The fourth-order valence-electron chi connectivity index (χ4n) is 3.79. The third kappa shape index (κ3) is 6.85. The molecule has 0 aliphatic carbocycles. The highest BCUT2D eigenvalue weighted by atomic mass is 32.1. The Labute approximate surface area is 210 Å². The molecule has 0 atom stereocenters. The van der Waals surface area contributed by atoms with Crippen molar-refractivity contribution in [2.45, 2.75) is 12.3 Å². The third-order valence-corrected chi connectivity index (χ3v) is 5.58. The summed E-state index contributed by atoms with van der Waals surface area (Å²) in [6.07, 6.45) is 0.285. The lowest BCUT2D eigenvalue weighted by molar-refractivity contribution is -0.120. The first kappa shape index (κ1) is 23.9. The average Bonchev–Trinajstić information content (AvgIpc) is 2.86. The number of anilines is 2. The van der Waals surface area contributed by atoms with Gasteiger partial charge in [-0.15, -0.1) is 0 Å². The summed E-state index contributed by atoms with van der Waals surface area (Å²) in [5, 5.41) is 8.93. The van der Waals surface area contributed by atoms with Gasteiger partial charge in [0.25, 0.3) is 0 Å². The predicted octanol–water partition coefficient (Wildman–Crippen LogP) is 5.51. The van der Waals surface area contributed by atoms with Crippen molar-refractivity contribution >= 4 is 40.5 Å². The summed E-state index contributed by atoms with van der Waals surface area (Å²) in [6.45, 7) is 0. The zero-order valence-electron chi connectivity index (χ0n) is 19.0. The zero-order chi connectivity index (χ0) is 24.5. The Kier molecular flexibility index (Phi) is 7.99. The van der Waals surface area contributed by atoms with Gasteiger partial charge in [0, 0.05) is 11.4 Å². The highest BCUT2D eigenvalue weighted by Crippen LogP contribution is 2.25. The molecule has 4 aromatic rings. The van der Waals surface area contributed by atoms with E-state index in [0.29, 0.717) is 11.4 Å². The van der Waals surface area contributed by atoms with Crippen LogP contribution >= 0.6 is 12.2 Å². The van der Waals surface area contributed by atoms with E-state index in [0.717, 1.165) is 16.7 Å². The normalized spacial score (nSPS) is 10.4. The fourth-order valence-corrected chi connectivity index (χ4v) is 4.01. The maximum atomic E-state index is 13.2. The Balaban J connectivity index is 1.40. The molecule has 0 radical (unpaired) electrons. The van der Waals surface area contributed by atoms with Crippen LogP contribution < -0.4 is 16.0 Å². The van der Waals surface area contributed by atoms with Gasteiger partial charge in [0.1, 0.15) is 0 Å². The first-order chi connectivity index (χ1) is 17.1. The van der Waals surface area contributed by atoms with E-state index in [2.05, 4.69) is 16.0 Å². The molecule has 3 N–H and O–H groups in total. The Morgan fingerprint density at radius 1 is 0.657 bits per heavy atom. The summed E-state index contributed by atoms with van der Waals surface area (Å²) < 4.78 is 0. The zero-order valence-corrected chi connectivity index (χ0v) is 19.8. The molecule has 0 heterocycles. The average molecular weight is 480 g/mol. The number of benzene rings is 4. The van der Waals surface area contributed by atoms with Crippen LogP contribution in [0.15, 0.2) is 115 Å². The number of hydrogen-bond donors (Lipinski definition) is 3. The van der Waals surface area contributed by atoms with E-state index in [9.17, 15) is 9.59 Å². The van der Waals surface area contributed by atoms with E-state index in [1.807, 2.05) is 103 Å². The summed E-state index contributed by atoms with van der Waals surface area (Å²) in [5.74, 6) is -0.842. The SMILES string of the molecule is O=C(Cc1ccccc1)Nc1cccc(NC(=S)NC(=O)C(c2ccccc2)c2ccccc2)c1. The van der Waals surface area contributed by atoms with Gasteiger partial charge in [0.15, 0.2) is 5.11 Å². The lowest BCUT2D eigenvalue weighted by Gasteiger charge is -2.19. The topological polar surface area (TPSA) is 70.2 Å². The van der Waals surface area contributed by atoms with Crippen molar-refractivity contribution in [3.63, 3.8) is 0 Å². The van der Waals surface area contributed by atoms with E-state index < -0.39 is 5.92 Å². The molecule has 0 aliphatic rings. The van der Waals surface area contributed by atoms with Crippen LogP contribution in [0.4, 0.5) is 11.4 Å². The van der Waals surface area contributed by atoms with E-state index in [4.69, 9.17) is 12.2 Å². The van der Waals surface area contributed by atoms with E-state index in [1.54, 1.807) is 12.1 Å². The first-order valence-electron chi connectivity index (χ1n) is 11.2. The minimum atomic E-state index is -0.499. The molecule has 5 nitrogen and oxygen atoms in total. The number of rotatable bonds is 7. The van der Waals surface area contributed by atoms with Gasteiger partial charge in [-0.25, -0.2) is 0 Å². The first-order valence-corrected chi connectivity index (χ1v) is 11.6. The Morgan fingerprint density at radius 2 is 1.17 bits per heavy atom. The smallest absolute Gasteiger partial charge is 0.238 e. The molecular weight excluding hydrogens is 454 g/mol. The summed E-state index contributed by atoms with van der Waals surface area (Å²) in [4.78, 5) is 25.6. The molecule has 0 spiro atoms. The highest BCUT2D eigenvalue weighted by Gasteiger charge is 2.23. The third-order valence-electron chi connectivity index (χ3n) is 5.38. The number of thiocarbonyl (C=S) groups is 1. The highest BCUT2D eigenvalue weighted by molar-refractivity contribution is 7.80. The number of hydrogen-bond acceptors (Lipinski definition) is 3. The number of amides is 2. The van der Waals surface area contributed by atoms with Gasteiger partial charge < -0.3 is 16.0 Å². The number of carbonyl (C=O) groups excluding carboxylic acids is 2. The molecular formula is C29H25N3O2S. The molecule has 0 bridgehead atoms. The lowest BCUT2D eigenvalue weighted by atomic mass is 9.90. The van der Waals surface area contributed by atoms with E-state index in [1.165, 1.54) is 0 Å². The maximum absolute atomic E-state index is 13.2. The Morgan fingerprint density at radius 3 is 1.74 bits per heavy atom. The van der Waals surface area contributed by atoms with Gasteiger partial charge in [0.2, 0.25) is 11.8 Å². The van der Waals surface area contributed by atoms with Crippen LogP contribution in [0.5, 0.6) is 0 Å². The van der Waals surface area contributed by atoms with Crippen molar-refractivity contribution in [2.24, 2.45) is 0 Å². The number of carbonyl (C=O) groups is 2. The Hall–Kier alpha value is -4.29. The molecule has 0 saturated carbocycles. The molecule has 0 aliphatic heterocycles. The lowest BCUT2D eigenvalue weighted by Crippen LogP contribution is -2.37. The van der Waals surface area contributed by atoms with Crippen LogP contribution in [0, 0.1) is 0 Å². The number of nitrogens with one attached hydrogen (secondary N) is 3. The van der Waals surface area contributed by atoms with Crippen molar-refractivity contribution in [3.8, 4) is 0 Å². The van der Waals surface area contributed by atoms with Crippen molar-refractivity contribution < 1.29 is 9.59 Å². The van der Waals surface area contributed by atoms with Crippen LogP contribution in [0.25, 0.3) is 0 Å². The quantitative estimate of drug-likeness (QED) is 0.306. The minimum Gasteiger partial charge on any atom is -0.332 e. The molecule has 4 rings (SSSR count). The van der Waals surface area contributed by atoms with Crippen LogP contribution in [-0.2, 0) is 16.0 Å². The minimum absolute atomic E-state index is 0.113. The molecule has 0 saturated heterocycles. The molecule has 35 heavy (non-hydrogen) atoms. The second-order valence-electron chi connectivity index (χ2n) is 7.99. The summed E-state index contributed by atoms with van der Waals surface area (Å²) >= 11 is 5.42. The molecule has 0 unspecified atom stereocenters. The van der Waals surface area contributed by atoms with E-state index >= 15 is 0 Å². The van der Waals surface area contributed by atoms with Gasteiger partial charge in [-0.3, -0.25) is 9.59 Å². The maximum Gasteiger partial charge on any atom is 0.238 e. The molecule has 2 amide bonds. The van der Waals surface area contributed by atoms with Gasteiger partial charge in [-0.2, -0.15) is 0 Å². The fraction of sp³-hybridized carbons (Fsp3) is 0.0690. The van der Waals surface area contributed by atoms with Crippen molar-refractivity contribution in [3.05, 3.63) is 132 Å². The van der Waals surface area contributed by atoms with Gasteiger partial charge in [-0.1, -0.05) is 97.1 Å². The van der Waals surface area contributed by atoms with Crippen molar-refractivity contribution in [2.75, 3.05) is 10.6 Å². The van der Waals surface area contributed by atoms with E-state index in [-0.39, 0.29) is 23.3 Å². The molecule has 6 heteroatoms. The standard InChI is InChI=1S/C29H25N3O2S/c33-26(19-21-11-4-1-5-12-21)30-24-17-10-18-25(20-24)31-29(35)32-28(34)27(22-13-6-2-7-14-22)23-15-8-3-9-16-23/h1-18,20,27H,19H2,(H,30,33)(H2,31,32,34,35). The van der Waals surface area contributed by atoms with Gasteiger partial charge >= 0.3 is 0 Å². The van der Waals surface area contributed by atoms with Crippen molar-refractivity contribution in [1.82, 2.24) is 5.32 Å². The van der Waals surface area contributed by atoms with Crippen LogP contribution in [0.3, 0.4) is 0 Å². The van der Waals surface area contributed by atoms with Crippen LogP contribution in [0.1, 0.15) is 22.6 Å². The second kappa shape index (κ2) is 11.7. The Bertz CT molecular complexity index is 1260. The van der Waals surface area contributed by atoms with Crippen molar-refractivity contribution in [1.29, 1.82) is 0 Å². The summed E-state index contributed by atoms with van der Waals surface area (Å²) in [7, 11) is 0. The van der Waals surface area contributed by atoms with Gasteiger partial charge in [-0.05, 0) is 47.1 Å². The summed E-state index contributed by atoms with van der Waals surface area (Å²) in [5.41, 5.74) is 3.99. The molecule has 174 valence electrons.